The van der Waals surface area contributed by atoms with Crippen molar-refractivity contribution in [3.05, 3.63) is 71.3 Å². The highest BCUT2D eigenvalue weighted by Crippen LogP contribution is 2.38. The van der Waals surface area contributed by atoms with Gasteiger partial charge in [-0.1, -0.05) is 30.3 Å². The summed E-state index contributed by atoms with van der Waals surface area (Å²) < 4.78 is 11.3. The molecule has 3 aromatic rings. The van der Waals surface area contributed by atoms with Gasteiger partial charge in [0.25, 0.3) is 11.8 Å². The van der Waals surface area contributed by atoms with Gasteiger partial charge in [-0.25, -0.2) is 0 Å². The van der Waals surface area contributed by atoms with Crippen LogP contribution < -0.4 is 9.47 Å². The molecule has 3 aliphatic rings. The monoisotopic (exact) mass is 470 g/mol. The van der Waals surface area contributed by atoms with E-state index in [1.807, 2.05) is 47.4 Å². The highest BCUT2D eigenvalue weighted by Gasteiger charge is 2.34. The molecule has 0 N–H and O–H groups in total. The van der Waals surface area contributed by atoms with Crippen LogP contribution in [-0.2, 0) is 4.79 Å². The maximum Gasteiger partial charge on any atom is 0.261 e. The number of hydrogen-bond acceptors (Lipinski definition) is 5. The Morgan fingerprint density at radius 3 is 2.37 bits per heavy atom. The van der Waals surface area contributed by atoms with Gasteiger partial charge < -0.3 is 14.4 Å². The van der Waals surface area contributed by atoms with Crippen LogP contribution in [0.3, 0.4) is 0 Å². The molecule has 3 aromatic carbocycles. The molecule has 6 rings (SSSR count). The lowest BCUT2D eigenvalue weighted by Crippen LogP contribution is -2.41. The van der Waals surface area contributed by atoms with Gasteiger partial charge in [0.05, 0.1) is 6.04 Å². The summed E-state index contributed by atoms with van der Waals surface area (Å²) in [7, 11) is 0. The second kappa shape index (κ2) is 8.73. The van der Waals surface area contributed by atoms with E-state index < -0.39 is 0 Å². The summed E-state index contributed by atoms with van der Waals surface area (Å²) >= 11 is 0. The van der Waals surface area contributed by atoms with Crippen LogP contribution in [0.2, 0.25) is 0 Å². The largest absolute Gasteiger partial charge is 0.486 e. The third-order valence-corrected chi connectivity index (χ3v) is 7.15. The molecular weight excluding hydrogens is 444 g/mol. The number of carbonyl (C=O) groups is 3. The van der Waals surface area contributed by atoms with Crippen LogP contribution in [0, 0.1) is 0 Å². The van der Waals surface area contributed by atoms with Crippen molar-refractivity contribution in [3.8, 4) is 11.5 Å². The van der Waals surface area contributed by atoms with E-state index in [0.717, 1.165) is 40.7 Å². The first-order valence-electron chi connectivity index (χ1n) is 12.2. The molecule has 7 nitrogen and oxygen atoms in total. The minimum atomic E-state index is -0.290. The molecule has 3 aliphatic heterocycles. The molecule has 1 fully saturated rings. The molecule has 178 valence electrons. The fourth-order valence-electron chi connectivity index (χ4n) is 5.49. The summed E-state index contributed by atoms with van der Waals surface area (Å²) in [4.78, 5) is 42.5. The first-order valence-corrected chi connectivity index (χ1v) is 12.2. The SMILES string of the molecule is O=C1c2cccc3cccc(c23)C(=O)N1CCCC(=O)N1CCC[C@H]1c1ccc2c(c1)OCCO2. The zero-order valence-corrected chi connectivity index (χ0v) is 19.4. The Hall–Kier alpha value is -3.87. The number of likely N-dealkylation sites (tertiary alicyclic amines) is 1. The molecule has 0 bridgehead atoms. The van der Waals surface area contributed by atoms with Crippen LogP contribution in [0.25, 0.3) is 10.8 Å². The Morgan fingerprint density at radius 1 is 0.914 bits per heavy atom. The van der Waals surface area contributed by atoms with Gasteiger partial charge in [0.2, 0.25) is 5.91 Å². The van der Waals surface area contributed by atoms with Gasteiger partial charge in [-0.2, -0.15) is 0 Å². The predicted molar refractivity (Wildman–Crippen MR) is 130 cm³/mol. The second-order valence-corrected chi connectivity index (χ2v) is 9.22. The van der Waals surface area contributed by atoms with Crippen molar-refractivity contribution in [2.45, 2.75) is 31.7 Å². The van der Waals surface area contributed by atoms with E-state index in [4.69, 9.17) is 9.47 Å². The molecule has 0 unspecified atom stereocenters. The minimum Gasteiger partial charge on any atom is -0.486 e. The molecule has 0 spiro atoms. The zero-order chi connectivity index (χ0) is 23.9. The van der Waals surface area contributed by atoms with Gasteiger partial charge in [-0.05, 0) is 54.5 Å². The predicted octanol–water partition coefficient (Wildman–Crippen LogP) is 4.35. The maximum absolute atomic E-state index is 13.2. The van der Waals surface area contributed by atoms with Crippen molar-refractivity contribution in [3.63, 3.8) is 0 Å². The molecule has 7 heteroatoms. The third kappa shape index (κ3) is 3.71. The number of ether oxygens (including phenoxy) is 2. The number of carbonyl (C=O) groups excluding carboxylic acids is 3. The molecule has 1 saturated heterocycles. The number of benzene rings is 3. The van der Waals surface area contributed by atoms with E-state index >= 15 is 0 Å². The fraction of sp³-hybridized carbons (Fsp3) is 0.321. The highest BCUT2D eigenvalue weighted by molar-refractivity contribution is 6.25. The fourth-order valence-corrected chi connectivity index (χ4v) is 5.49. The van der Waals surface area contributed by atoms with Gasteiger partial charge in [-0.3, -0.25) is 19.3 Å². The number of amides is 3. The molecule has 3 heterocycles. The first-order chi connectivity index (χ1) is 17.1. The Labute approximate surface area is 203 Å². The summed E-state index contributed by atoms with van der Waals surface area (Å²) in [5.74, 6) is 0.931. The molecule has 35 heavy (non-hydrogen) atoms. The molecular formula is C28H26N2O5. The number of hydrogen-bond donors (Lipinski definition) is 0. The Morgan fingerprint density at radius 2 is 1.63 bits per heavy atom. The van der Waals surface area contributed by atoms with Crippen LogP contribution in [-0.4, -0.2) is 53.8 Å². The lowest BCUT2D eigenvalue weighted by molar-refractivity contribution is -0.132. The summed E-state index contributed by atoms with van der Waals surface area (Å²) in [6, 6.07) is 16.9. The molecule has 0 radical (unpaired) electrons. The Bertz CT molecular complexity index is 1300. The summed E-state index contributed by atoms with van der Waals surface area (Å²) in [5, 5.41) is 1.60. The van der Waals surface area contributed by atoms with Gasteiger partial charge in [0.15, 0.2) is 11.5 Å². The van der Waals surface area contributed by atoms with E-state index in [2.05, 4.69) is 0 Å². The quantitative estimate of drug-likeness (QED) is 0.518. The average Bonchev–Trinajstić information content (AvgIpc) is 3.39. The number of fused-ring (bicyclic) bond motifs is 1. The van der Waals surface area contributed by atoms with Gasteiger partial charge in [-0.15, -0.1) is 0 Å². The third-order valence-electron chi connectivity index (χ3n) is 7.15. The van der Waals surface area contributed by atoms with Crippen molar-refractivity contribution < 1.29 is 23.9 Å². The number of imide groups is 1. The van der Waals surface area contributed by atoms with E-state index in [1.165, 1.54) is 4.90 Å². The maximum atomic E-state index is 13.2. The summed E-state index contributed by atoms with van der Waals surface area (Å²) in [6.45, 7) is 1.99. The van der Waals surface area contributed by atoms with Crippen LogP contribution in [0.1, 0.15) is 58.0 Å². The standard InChI is InChI=1S/C28H26N2O5/c31-25(29-13-3-9-22(29)19-11-12-23-24(17-19)35-16-15-34-23)10-4-14-30-27(32)20-7-1-5-18-6-2-8-21(26(18)20)28(30)33/h1-2,5-8,11-12,17,22H,3-4,9-10,13-16H2/t22-/m0/s1. The average molecular weight is 471 g/mol. The zero-order valence-electron chi connectivity index (χ0n) is 19.4. The van der Waals surface area contributed by atoms with E-state index in [-0.39, 0.29) is 36.7 Å². The number of nitrogens with zero attached hydrogens (tertiary/aromatic N) is 2. The van der Waals surface area contributed by atoms with Crippen LogP contribution in [0.5, 0.6) is 11.5 Å². The summed E-state index contributed by atoms with van der Waals surface area (Å²) in [6.07, 6.45) is 2.55. The van der Waals surface area contributed by atoms with E-state index in [9.17, 15) is 14.4 Å². The molecule has 3 amide bonds. The van der Waals surface area contributed by atoms with Gasteiger partial charge in [0, 0.05) is 36.0 Å². The second-order valence-electron chi connectivity index (χ2n) is 9.22. The van der Waals surface area contributed by atoms with E-state index in [1.54, 1.807) is 12.1 Å². The van der Waals surface area contributed by atoms with Crippen molar-refractivity contribution in [2.24, 2.45) is 0 Å². The van der Waals surface area contributed by atoms with Gasteiger partial charge in [0.1, 0.15) is 13.2 Å². The summed E-state index contributed by atoms with van der Waals surface area (Å²) in [5.41, 5.74) is 2.13. The molecule has 0 saturated carbocycles. The van der Waals surface area contributed by atoms with Crippen LogP contribution in [0.4, 0.5) is 0 Å². The topological polar surface area (TPSA) is 76.2 Å². The lowest BCUT2D eigenvalue weighted by Gasteiger charge is -2.28. The van der Waals surface area contributed by atoms with Gasteiger partial charge >= 0.3 is 0 Å². The van der Waals surface area contributed by atoms with E-state index in [0.29, 0.717) is 37.3 Å². The Balaban J connectivity index is 1.13. The van der Waals surface area contributed by atoms with Crippen molar-refractivity contribution in [1.82, 2.24) is 9.80 Å². The van der Waals surface area contributed by atoms with Crippen LogP contribution >= 0.6 is 0 Å². The van der Waals surface area contributed by atoms with Crippen molar-refractivity contribution in [1.29, 1.82) is 0 Å². The Kier molecular flexibility index (Phi) is 5.40. The minimum absolute atomic E-state index is 0.000978. The van der Waals surface area contributed by atoms with Crippen molar-refractivity contribution in [2.75, 3.05) is 26.3 Å². The smallest absolute Gasteiger partial charge is 0.261 e. The lowest BCUT2D eigenvalue weighted by atomic mass is 9.94. The number of rotatable bonds is 5. The van der Waals surface area contributed by atoms with Crippen molar-refractivity contribution >= 4 is 28.5 Å². The first kappa shape index (κ1) is 21.6. The van der Waals surface area contributed by atoms with Crippen LogP contribution in [0.15, 0.2) is 54.6 Å². The highest BCUT2D eigenvalue weighted by atomic mass is 16.6. The molecule has 0 aromatic heterocycles. The normalized spacial score (nSPS) is 18.9. The molecule has 0 aliphatic carbocycles. The molecule has 1 atom stereocenters.